The molecule has 0 N–H and O–H groups in total. The molecule has 0 spiro atoms. The summed E-state index contributed by atoms with van der Waals surface area (Å²) in [4.78, 5) is 4.55. The molecule has 0 atom stereocenters. The fourth-order valence-corrected chi connectivity index (χ4v) is 11.3. The Morgan fingerprint density at radius 1 is 0.739 bits per heavy atom. The van der Waals surface area contributed by atoms with Crippen LogP contribution in [0.4, 0.5) is 0 Å². The van der Waals surface area contributed by atoms with Gasteiger partial charge >= 0.3 is 0 Å². The van der Waals surface area contributed by atoms with Crippen LogP contribution in [-0.4, -0.2) is 20.4 Å². The Bertz CT molecular complexity index is 736. The van der Waals surface area contributed by atoms with Gasteiger partial charge in [0.05, 0.1) is 36.7 Å². The number of benzene rings is 2. The van der Waals surface area contributed by atoms with Gasteiger partial charge in [0, 0.05) is 9.79 Å². The Hall–Kier alpha value is -0.626. The average molecular weight is 377 g/mol. The first-order valence-corrected chi connectivity index (χ1v) is 16.9. The smallest absolute Gasteiger partial charge is 0.0870 e. The maximum atomic E-state index is 13.6. The van der Waals surface area contributed by atoms with Crippen LogP contribution in [0.3, 0.4) is 0 Å². The Morgan fingerprint density at radius 3 is 1.48 bits per heavy atom. The van der Waals surface area contributed by atoms with Crippen molar-refractivity contribution in [3.8, 4) is 0 Å². The lowest BCUT2D eigenvalue weighted by atomic mass is 10.3. The van der Waals surface area contributed by atoms with E-state index in [-0.39, 0.29) is 0 Å². The van der Waals surface area contributed by atoms with Gasteiger partial charge < -0.3 is 0 Å². The van der Waals surface area contributed by atoms with Gasteiger partial charge in [-0.05, 0) is 22.5 Å². The van der Waals surface area contributed by atoms with Crippen molar-refractivity contribution in [2.75, 3.05) is 0 Å². The van der Waals surface area contributed by atoms with Crippen molar-refractivity contribution in [3.05, 3.63) is 36.4 Å². The molecule has 0 saturated heterocycles. The van der Waals surface area contributed by atoms with E-state index >= 15 is 0 Å². The normalized spacial score (nSPS) is 15.2. The molecule has 1 nitrogen and oxygen atoms in total. The molecule has 122 valence electrons. The van der Waals surface area contributed by atoms with Gasteiger partial charge in [0.2, 0.25) is 0 Å². The molecule has 2 aromatic rings. The first-order valence-electron chi connectivity index (χ1n) is 7.97. The summed E-state index contributed by atoms with van der Waals surface area (Å²) >= 11 is 1.80. The molecule has 3 rings (SSSR count). The van der Waals surface area contributed by atoms with E-state index in [4.69, 9.17) is 0 Å². The van der Waals surface area contributed by atoms with Crippen LogP contribution < -0.4 is 10.4 Å². The van der Waals surface area contributed by atoms with Crippen molar-refractivity contribution >= 4 is 49.1 Å². The minimum atomic E-state index is -1.53. The van der Waals surface area contributed by atoms with E-state index in [1.807, 2.05) is 0 Å². The van der Waals surface area contributed by atoms with Crippen LogP contribution in [-0.2, 0) is 10.8 Å². The lowest BCUT2D eigenvalue weighted by Crippen LogP contribution is -2.44. The summed E-state index contributed by atoms with van der Waals surface area (Å²) in [5.74, 6) is 0. The lowest BCUT2D eigenvalue weighted by molar-refractivity contribution is 0.680. The van der Waals surface area contributed by atoms with E-state index in [1.165, 1.54) is 20.2 Å². The van der Waals surface area contributed by atoms with E-state index in [9.17, 15) is 4.21 Å². The van der Waals surface area contributed by atoms with Crippen LogP contribution in [0.5, 0.6) is 0 Å². The molecule has 5 heteroatoms. The highest BCUT2D eigenvalue weighted by molar-refractivity contribution is 8.01. The van der Waals surface area contributed by atoms with E-state index in [2.05, 4.69) is 75.7 Å². The van der Waals surface area contributed by atoms with Crippen molar-refractivity contribution in [2.24, 2.45) is 0 Å². The minimum Gasteiger partial charge on any atom is -0.249 e. The molecule has 0 radical (unpaired) electrons. The third-order valence-corrected chi connectivity index (χ3v) is 11.6. The highest BCUT2D eigenvalue weighted by Gasteiger charge is 2.34. The van der Waals surface area contributed by atoms with Gasteiger partial charge in [-0.25, -0.2) is 4.21 Å². The Morgan fingerprint density at radius 2 is 1.13 bits per heavy atom. The summed E-state index contributed by atoms with van der Waals surface area (Å²) in [6.07, 6.45) is 0. The molecule has 0 amide bonds. The van der Waals surface area contributed by atoms with E-state index < -0.39 is 26.9 Å². The van der Waals surface area contributed by atoms with Crippen LogP contribution in [0.1, 0.15) is 0 Å². The fourth-order valence-electron chi connectivity index (χ4n) is 2.98. The topological polar surface area (TPSA) is 17.1 Å². The largest absolute Gasteiger partial charge is 0.249 e. The summed E-state index contributed by atoms with van der Waals surface area (Å²) in [5, 5.41) is 2.69. The number of rotatable bonds is 2. The summed E-state index contributed by atoms with van der Waals surface area (Å²) in [6.45, 7) is 14.0. The van der Waals surface area contributed by atoms with Crippen molar-refractivity contribution in [2.45, 2.75) is 58.9 Å². The first-order chi connectivity index (χ1) is 10.6. The SMILES string of the molecule is C[Si](C)(C)c1cccc2c1S(=O)c1c(cccc1[Si](C)(C)C)S2. The van der Waals surface area contributed by atoms with Gasteiger partial charge in [-0.1, -0.05) is 75.3 Å². The standard InChI is InChI=1S/C18H24OS2Si2/c1-22(2,3)15-11-7-9-13-17(15)21(19)18-14(20-13)10-8-12-16(18)23(4,5)6/h7-12H,1-6H3. The zero-order valence-corrected chi connectivity index (χ0v) is 18.3. The van der Waals surface area contributed by atoms with Crippen molar-refractivity contribution in [1.82, 2.24) is 0 Å². The monoisotopic (exact) mass is 376 g/mol. The van der Waals surface area contributed by atoms with E-state index in [0.29, 0.717) is 0 Å². The van der Waals surface area contributed by atoms with Gasteiger partial charge in [0.25, 0.3) is 0 Å². The molecule has 1 aliphatic heterocycles. The molecule has 0 aromatic heterocycles. The molecule has 23 heavy (non-hydrogen) atoms. The molecular formula is C18H24OS2Si2. The third kappa shape index (κ3) is 3.04. The van der Waals surface area contributed by atoms with Gasteiger partial charge in [0.15, 0.2) is 0 Å². The summed E-state index contributed by atoms with van der Waals surface area (Å²) in [5.41, 5.74) is 0. The van der Waals surface area contributed by atoms with Crippen molar-refractivity contribution in [1.29, 1.82) is 0 Å². The molecule has 0 aliphatic carbocycles. The Kier molecular flexibility index (Phi) is 4.28. The van der Waals surface area contributed by atoms with E-state index in [1.54, 1.807) is 11.8 Å². The van der Waals surface area contributed by atoms with Gasteiger partial charge in [-0.3, -0.25) is 0 Å². The second kappa shape index (κ2) is 5.72. The second-order valence-corrected chi connectivity index (χ2v) is 20.7. The fraction of sp³-hybridized carbons (Fsp3) is 0.333. The van der Waals surface area contributed by atoms with Crippen molar-refractivity contribution in [3.63, 3.8) is 0 Å². The molecule has 2 aromatic carbocycles. The van der Waals surface area contributed by atoms with E-state index in [0.717, 1.165) is 9.79 Å². The number of hydrogen-bond acceptors (Lipinski definition) is 2. The van der Waals surface area contributed by atoms with Gasteiger partial charge in [-0.2, -0.15) is 0 Å². The van der Waals surface area contributed by atoms with Crippen LogP contribution >= 0.6 is 11.8 Å². The molecule has 1 aliphatic rings. The zero-order valence-electron chi connectivity index (χ0n) is 14.7. The van der Waals surface area contributed by atoms with Crippen LogP contribution in [0.2, 0.25) is 39.3 Å². The minimum absolute atomic E-state index is 1.06. The summed E-state index contributed by atoms with van der Waals surface area (Å²) < 4.78 is 13.6. The van der Waals surface area contributed by atoms with Gasteiger partial charge in [0.1, 0.15) is 0 Å². The summed E-state index contributed by atoms with van der Waals surface area (Å²) in [7, 11) is -4.13. The van der Waals surface area contributed by atoms with Crippen LogP contribution in [0.25, 0.3) is 0 Å². The second-order valence-electron chi connectivity index (χ2n) is 8.14. The number of hydrogen-bond donors (Lipinski definition) is 0. The highest BCUT2D eigenvalue weighted by atomic mass is 32.2. The predicted molar refractivity (Wildman–Crippen MR) is 108 cm³/mol. The van der Waals surface area contributed by atoms with Crippen LogP contribution in [0, 0.1) is 0 Å². The molecular weight excluding hydrogens is 353 g/mol. The Labute approximate surface area is 148 Å². The zero-order chi connectivity index (χ0) is 17.0. The molecule has 1 heterocycles. The molecule has 0 unspecified atom stereocenters. The molecule has 0 bridgehead atoms. The molecule has 0 fully saturated rings. The lowest BCUT2D eigenvalue weighted by Gasteiger charge is -2.29. The van der Waals surface area contributed by atoms with Gasteiger partial charge in [-0.15, -0.1) is 0 Å². The quantitative estimate of drug-likeness (QED) is 0.616. The predicted octanol–water partition coefficient (Wildman–Crippen LogP) is 4.41. The number of fused-ring (bicyclic) bond motifs is 2. The maximum absolute atomic E-state index is 13.6. The van der Waals surface area contributed by atoms with Crippen LogP contribution in [0.15, 0.2) is 56.0 Å². The van der Waals surface area contributed by atoms with Crippen molar-refractivity contribution < 1.29 is 4.21 Å². The third-order valence-electron chi connectivity index (χ3n) is 4.16. The highest BCUT2D eigenvalue weighted by Crippen LogP contribution is 2.42. The first kappa shape index (κ1) is 17.2. The summed E-state index contributed by atoms with van der Waals surface area (Å²) in [6, 6.07) is 12.9. The molecule has 0 saturated carbocycles. The maximum Gasteiger partial charge on any atom is 0.0870 e. The Balaban J connectivity index is 2.28. The average Bonchev–Trinajstić information content (AvgIpc) is 2.44.